The van der Waals surface area contributed by atoms with Crippen LogP contribution in [0, 0.1) is 5.92 Å². The lowest BCUT2D eigenvalue weighted by atomic mass is 9.96. The Hall–Kier alpha value is -1.89. The normalized spacial score (nSPS) is 21.4. The van der Waals surface area contributed by atoms with Crippen LogP contribution in [0.15, 0.2) is 34.9 Å². The Morgan fingerprint density at radius 3 is 2.74 bits per heavy atom. The van der Waals surface area contributed by atoms with Crippen LogP contribution in [0.3, 0.4) is 0 Å². The second kappa shape index (κ2) is 8.42. The number of carbonyl (C=O) groups excluding carboxylic acids is 1. The van der Waals surface area contributed by atoms with E-state index in [9.17, 15) is 4.79 Å². The maximum atomic E-state index is 12.8. The Morgan fingerprint density at radius 2 is 1.96 bits per heavy atom. The molecule has 3 heterocycles. The van der Waals surface area contributed by atoms with Crippen LogP contribution in [0.2, 0.25) is 5.02 Å². The van der Waals surface area contributed by atoms with Crippen molar-refractivity contribution in [2.75, 3.05) is 39.4 Å². The number of nitrogens with zero attached hydrogens (tertiary/aromatic N) is 3. The molecule has 0 spiro atoms. The number of morpholine rings is 1. The Bertz CT molecular complexity index is 771. The van der Waals surface area contributed by atoms with Crippen LogP contribution in [-0.4, -0.2) is 60.1 Å². The fourth-order valence-corrected chi connectivity index (χ4v) is 3.89. The molecule has 1 aromatic carbocycles. The van der Waals surface area contributed by atoms with Crippen LogP contribution in [0.4, 0.5) is 0 Å². The summed E-state index contributed by atoms with van der Waals surface area (Å²) in [6.07, 6.45) is 3.72. The van der Waals surface area contributed by atoms with Crippen molar-refractivity contribution in [1.82, 2.24) is 14.8 Å². The highest BCUT2D eigenvalue weighted by atomic mass is 35.5. The molecule has 0 saturated carbocycles. The number of hydrogen-bond donors (Lipinski definition) is 0. The summed E-state index contributed by atoms with van der Waals surface area (Å²) in [5.41, 5.74) is 0.956. The Morgan fingerprint density at radius 1 is 1.19 bits per heavy atom. The lowest BCUT2D eigenvalue weighted by Crippen LogP contribution is -2.48. The number of benzene rings is 1. The molecule has 1 atom stereocenters. The van der Waals surface area contributed by atoms with Gasteiger partial charge in [-0.2, -0.15) is 0 Å². The molecule has 2 fully saturated rings. The number of hydrogen-bond acceptors (Lipinski definition) is 5. The average molecular weight is 390 g/mol. The third-order valence-corrected chi connectivity index (χ3v) is 5.47. The Balaban J connectivity index is 1.36. The maximum absolute atomic E-state index is 12.8. The van der Waals surface area contributed by atoms with Crippen LogP contribution in [0.1, 0.15) is 18.7 Å². The van der Waals surface area contributed by atoms with Gasteiger partial charge in [0.05, 0.1) is 31.9 Å². The summed E-state index contributed by atoms with van der Waals surface area (Å²) in [6.45, 7) is 5.05. The molecule has 0 N–H and O–H groups in total. The van der Waals surface area contributed by atoms with E-state index in [1.54, 1.807) is 6.20 Å². The first kappa shape index (κ1) is 18.5. The van der Waals surface area contributed by atoms with Gasteiger partial charge in [-0.05, 0) is 43.7 Å². The first-order valence-corrected chi connectivity index (χ1v) is 9.86. The molecular weight excluding hydrogens is 366 g/mol. The van der Waals surface area contributed by atoms with Crippen LogP contribution in [-0.2, 0) is 16.1 Å². The highest BCUT2D eigenvalue weighted by Crippen LogP contribution is 2.25. The molecule has 4 rings (SSSR count). The first-order valence-electron chi connectivity index (χ1n) is 9.48. The van der Waals surface area contributed by atoms with Crippen molar-refractivity contribution in [1.29, 1.82) is 0 Å². The van der Waals surface area contributed by atoms with Crippen LogP contribution in [0.5, 0.6) is 0 Å². The number of aromatic nitrogens is 1. The largest absolute Gasteiger partial charge is 0.439 e. The topological polar surface area (TPSA) is 58.8 Å². The monoisotopic (exact) mass is 389 g/mol. The fourth-order valence-electron chi connectivity index (χ4n) is 3.76. The molecular formula is C20H24ClN3O3. The lowest BCUT2D eigenvalue weighted by Gasteiger charge is -2.35. The van der Waals surface area contributed by atoms with E-state index in [0.29, 0.717) is 43.8 Å². The number of carbonyl (C=O) groups is 1. The molecule has 0 bridgehead atoms. The van der Waals surface area contributed by atoms with Gasteiger partial charge in [0.2, 0.25) is 11.8 Å². The summed E-state index contributed by atoms with van der Waals surface area (Å²) >= 11 is 5.94. The van der Waals surface area contributed by atoms with Crippen LogP contribution < -0.4 is 0 Å². The molecule has 2 aliphatic rings. The van der Waals surface area contributed by atoms with Crippen molar-refractivity contribution >= 4 is 17.5 Å². The number of rotatable bonds is 4. The second-order valence-electron chi connectivity index (χ2n) is 7.14. The minimum Gasteiger partial charge on any atom is -0.439 e. The molecule has 27 heavy (non-hydrogen) atoms. The van der Waals surface area contributed by atoms with Crippen LogP contribution in [0.25, 0.3) is 11.3 Å². The summed E-state index contributed by atoms with van der Waals surface area (Å²) in [6, 6.07) is 7.52. The zero-order valence-corrected chi connectivity index (χ0v) is 16.0. The molecule has 1 aromatic heterocycles. The third-order valence-electron chi connectivity index (χ3n) is 5.22. The third kappa shape index (κ3) is 4.51. The average Bonchev–Trinajstić information content (AvgIpc) is 3.17. The van der Waals surface area contributed by atoms with E-state index in [1.165, 1.54) is 0 Å². The van der Waals surface area contributed by atoms with E-state index >= 15 is 0 Å². The van der Waals surface area contributed by atoms with Gasteiger partial charge in [-0.25, -0.2) is 4.98 Å². The number of ether oxygens (including phenoxy) is 1. The van der Waals surface area contributed by atoms with E-state index < -0.39 is 0 Å². The van der Waals surface area contributed by atoms with Gasteiger partial charge in [-0.1, -0.05) is 11.6 Å². The zero-order chi connectivity index (χ0) is 18.6. The van der Waals surface area contributed by atoms with Gasteiger partial charge in [0.15, 0.2) is 5.76 Å². The minimum absolute atomic E-state index is 0.0579. The highest BCUT2D eigenvalue weighted by molar-refractivity contribution is 6.30. The summed E-state index contributed by atoms with van der Waals surface area (Å²) in [7, 11) is 0. The molecule has 1 unspecified atom stereocenters. The molecule has 0 aliphatic carbocycles. The lowest BCUT2D eigenvalue weighted by molar-refractivity contribution is -0.141. The van der Waals surface area contributed by atoms with Gasteiger partial charge >= 0.3 is 0 Å². The molecule has 2 aromatic rings. The molecule has 0 radical (unpaired) electrons. The smallest absolute Gasteiger partial charge is 0.227 e. The zero-order valence-electron chi connectivity index (χ0n) is 15.3. The number of amides is 1. The predicted octanol–water partition coefficient (Wildman–Crippen LogP) is 3.07. The van der Waals surface area contributed by atoms with Gasteiger partial charge in [0.1, 0.15) is 0 Å². The van der Waals surface area contributed by atoms with E-state index in [-0.39, 0.29) is 11.8 Å². The molecule has 144 valence electrons. The summed E-state index contributed by atoms with van der Waals surface area (Å²) in [4.78, 5) is 21.4. The van der Waals surface area contributed by atoms with Gasteiger partial charge in [-0.15, -0.1) is 0 Å². The molecule has 2 saturated heterocycles. The predicted molar refractivity (Wildman–Crippen MR) is 102 cm³/mol. The van der Waals surface area contributed by atoms with Crippen molar-refractivity contribution in [2.24, 2.45) is 5.92 Å². The number of likely N-dealkylation sites (tertiary alicyclic amines) is 1. The van der Waals surface area contributed by atoms with E-state index in [1.807, 2.05) is 29.2 Å². The Kier molecular flexibility index (Phi) is 5.76. The molecule has 7 heteroatoms. The van der Waals surface area contributed by atoms with Gasteiger partial charge < -0.3 is 14.1 Å². The van der Waals surface area contributed by atoms with E-state index in [4.69, 9.17) is 20.8 Å². The molecule has 1 amide bonds. The standard InChI is InChI=1S/C20H24ClN3O3/c21-17-5-3-15(4-6-17)18-12-22-19(27-18)14-23-7-1-2-16(13-23)20(25)24-8-10-26-11-9-24/h3-6,12,16H,1-2,7-11,13-14H2. The summed E-state index contributed by atoms with van der Waals surface area (Å²) in [5, 5.41) is 0.697. The van der Waals surface area contributed by atoms with Crippen molar-refractivity contribution in [2.45, 2.75) is 19.4 Å². The van der Waals surface area contributed by atoms with Crippen molar-refractivity contribution < 1.29 is 13.9 Å². The fraction of sp³-hybridized carbons (Fsp3) is 0.500. The number of oxazole rings is 1. The Labute approximate surface area is 164 Å². The van der Waals surface area contributed by atoms with E-state index in [0.717, 1.165) is 37.3 Å². The van der Waals surface area contributed by atoms with Crippen molar-refractivity contribution in [3.8, 4) is 11.3 Å². The molecule has 2 aliphatic heterocycles. The van der Waals surface area contributed by atoms with Gasteiger partial charge in [0, 0.05) is 30.2 Å². The van der Waals surface area contributed by atoms with Crippen molar-refractivity contribution in [3.05, 3.63) is 41.4 Å². The van der Waals surface area contributed by atoms with Gasteiger partial charge in [-0.3, -0.25) is 9.69 Å². The number of piperidine rings is 1. The quantitative estimate of drug-likeness (QED) is 0.804. The maximum Gasteiger partial charge on any atom is 0.227 e. The highest BCUT2D eigenvalue weighted by Gasteiger charge is 2.30. The first-order chi connectivity index (χ1) is 13.2. The SMILES string of the molecule is O=C(C1CCCN(Cc2ncc(-c3ccc(Cl)cc3)o2)C1)N1CCOCC1. The van der Waals surface area contributed by atoms with Crippen LogP contribution >= 0.6 is 11.6 Å². The summed E-state index contributed by atoms with van der Waals surface area (Å²) in [5.74, 6) is 1.74. The molecule has 6 nitrogen and oxygen atoms in total. The second-order valence-corrected chi connectivity index (χ2v) is 7.57. The van der Waals surface area contributed by atoms with Gasteiger partial charge in [0.25, 0.3) is 0 Å². The minimum atomic E-state index is 0.0579. The van der Waals surface area contributed by atoms with E-state index in [2.05, 4.69) is 9.88 Å². The summed E-state index contributed by atoms with van der Waals surface area (Å²) < 4.78 is 11.3. The number of halogens is 1. The van der Waals surface area contributed by atoms with Crippen molar-refractivity contribution in [3.63, 3.8) is 0 Å².